The molecule has 0 aromatic heterocycles. The lowest BCUT2D eigenvalue weighted by Gasteiger charge is -2.06. The summed E-state index contributed by atoms with van der Waals surface area (Å²) in [6.07, 6.45) is 6.86. The molecule has 0 bridgehead atoms. The van der Waals surface area contributed by atoms with Gasteiger partial charge in [0.15, 0.2) is 0 Å². The van der Waals surface area contributed by atoms with Gasteiger partial charge in [-0.3, -0.25) is 4.79 Å². The molecule has 1 N–H and O–H groups in total. The summed E-state index contributed by atoms with van der Waals surface area (Å²) in [5, 5.41) is 3.48. The van der Waals surface area contributed by atoms with Crippen LogP contribution in [0.15, 0.2) is 34.3 Å². The number of nitrogens with one attached hydrogen (secondary N) is 1. The van der Waals surface area contributed by atoms with E-state index in [0.717, 1.165) is 10.9 Å². The van der Waals surface area contributed by atoms with E-state index in [1.165, 1.54) is 24.8 Å². The Kier molecular flexibility index (Phi) is 4.84. The molecule has 0 spiro atoms. The molecule has 1 aliphatic rings. The van der Waals surface area contributed by atoms with E-state index in [1.54, 1.807) is 18.2 Å². The van der Waals surface area contributed by atoms with Crippen molar-refractivity contribution in [2.75, 3.05) is 6.54 Å². The second-order valence-corrected chi connectivity index (χ2v) is 5.65. The van der Waals surface area contributed by atoms with Crippen LogP contribution in [0.3, 0.4) is 0 Å². The number of hydrogen-bond acceptors (Lipinski definition) is 1. The first-order chi connectivity index (χ1) is 8.66. The Labute approximate surface area is 121 Å². The summed E-state index contributed by atoms with van der Waals surface area (Å²) < 4.78 is 0.803. The molecule has 96 valence electrons. The number of rotatable bonds is 4. The Morgan fingerprint density at radius 1 is 1.44 bits per heavy atom. The number of allylic oxidation sites excluding steroid dienone is 1. The smallest absolute Gasteiger partial charge is 0.251 e. The predicted molar refractivity (Wildman–Crippen MR) is 78.0 cm³/mol. The van der Waals surface area contributed by atoms with Crippen molar-refractivity contribution in [2.24, 2.45) is 0 Å². The highest BCUT2D eigenvalue weighted by molar-refractivity contribution is 9.10. The summed E-state index contributed by atoms with van der Waals surface area (Å²) in [6.45, 7) is 0.693. The van der Waals surface area contributed by atoms with Gasteiger partial charge in [-0.1, -0.05) is 23.3 Å². The van der Waals surface area contributed by atoms with Crippen molar-refractivity contribution >= 4 is 33.4 Å². The molecule has 2 nitrogen and oxygen atoms in total. The molecule has 0 saturated carbocycles. The first-order valence-electron chi connectivity index (χ1n) is 6.08. The summed E-state index contributed by atoms with van der Waals surface area (Å²) in [7, 11) is 0. The van der Waals surface area contributed by atoms with E-state index >= 15 is 0 Å². The maximum Gasteiger partial charge on any atom is 0.251 e. The Morgan fingerprint density at radius 3 is 2.94 bits per heavy atom. The molecule has 0 atom stereocenters. The van der Waals surface area contributed by atoms with Crippen molar-refractivity contribution in [3.05, 3.63) is 44.9 Å². The van der Waals surface area contributed by atoms with Gasteiger partial charge in [-0.15, -0.1) is 0 Å². The Morgan fingerprint density at radius 2 is 2.28 bits per heavy atom. The fraction of sp³-hybridized carbons (Fsp3) is 0.357. The number of hydrogen-bond donors (Lipinski definition) is 1. The standard InChI is InChI=1S/C14H15BrClNO/c15-12-6-5-11(9-13(12)16)14(18)17-8-7-10-3-1-2-4-10/h3,5-6,9H,1-2,4,7-8H2,(H,17,18). The normalized spacial score (nSPS) is 14.4. The molecule has 4 heteroatoms. The summed E-state index contributed by atoms with van der Waals surface area (Å²) >= 11 is 9.26. The average Bonchev–Trinajstić information content (AvgIpc) is 2.85. The first-order valence-corrected chi connectivity index (χ1v) is 7.25. The molecule has 0 aliphatic heterocycles. The Bertz CT molecular complexity index is 485. The largest absolute Gasteiger partial charge is 0.352 e. The monoisotopic (exact) mass is 327 g/mol. The SMILES string of the molecule is O=C(NCCC1=CCCC1)c1ccc(Br)c(Cl)c1. The fourth-order valence-corrected chi connectivity index (χ4v) is 2.47. The minimum atomic E-state index is -0.0667. The van der Waals surface area contributed by atoms with Crippen molar-refractivity contribution in [3.63, 3.8) is 0 Å². The summed E-state index contributed by atoms with van der Waals surface area (Å²) in [4.78, 5) is 11.9. The van der Waals surface area contributed by atoms with Crippen LogP contribution in [0, 0.1) is 0 Å². The van der Waals surface area contributed by atoms with Gasteiger partial charge in [0.05, 0.1) is 5.02 Å². The number of carbonyl (C=O) groups is 1. The maximum atomic E-state index is 11.9. The van der Waals surface area contributed by atoms with Crippen LogP contribution in [0.25, 0.3) is 0 Å². The molecule has 1 amide bonds. The third-order valence-electron chi connectivity index (χ3n) is 3.05. The lowest BCUT2D eigenvalue weighted by atomic mass is 10.1. The number of halogens is 2. The topological polar surface area (TPSA) is 29.1 Å². The zero-order valence-electron chi connectivity index (χ0n) is 10.0. The third-order valence-corrected chi connectivity index (χ3v) is 4.28. The highest BCUT2D eigenvalue weighted by Crippen LogP contribution is 2.23. The maximum absolute atomic E-state index is 11.9. The summed E-state index contributed by atoms with van der Waals surface area (Å²) in [6, 6.07) is 5.23. The van der Waals surface area contributed by atoms with Crippen molar-refractivity contribution < 1.29 is 4.79 Å². The molecule has 1 aromatic carbocycles. The van der Waals surface area contributed by atoms with Crippen LogP contribution in [0.2, 0.25) is 5.02 Å². The summed E-state index contributed by atoms with van der Waals surface area (Å²) in [5.74, 6) is -0.0667. The molecular formula is C14H15BrClNO. The van der Waals surface area contributed by atoms with Gasteiger partial charge >= 0.3 is 0 Å². The van der Waals surface area contributed by atoms with Gasteiger partial charge < -0.3 is 5.32 Å². The van der Waals surface area contributed by atoms with E-state index in [9.17, 15) is 4.79 Å². The minimum absolute atomic E-state index is 0.0667. The second kappa shape index (κ2) is 6.39. The van der Waals surface area contributed by atoms with E-state index in [4.69, 9.17) is 11.6 Å². The molecule has 0 heterocycles. The Hall–Kier alpha value is -0.800. The summed E-state index contributed by atoms with van der Waals surface area (Å²) in [5.41, 5.74) is 2.06. The van der Waals surface area contributed by atoms with Crippen molar-refractivity contribution in [1.29, 1.82) is 0 Å². The molecular weight excluding hydrogens is 314 g/mol. The molecule has 0 unspecified atom stereocenters. The molecule has 1 aromatic rings. The number of carbonyl (C=O) groups excluding carboxylic acids is 1. The van der Waals surface area contributed by atoms with Gasteiger partial charge in [-0.2, -0.15) is 0 Å². The van der Waals surface area contributed by atoms with Crippen LogP contribution in [-0.2, 0) is 0 Å². The van der Waals surface area contributed by atoms with Gasteiger partial charge in [0.25, 0.3) is 5.91 Å². The van der Waals surface area contributed by atoms with Crippen LogP contribution in [0.4, 0.5) is 0 Å². The minimum Gasteiger partial charge on any atom is -0.352 e. The molecule has 0 saturated heterocycles. The zero-order valence-corrected chi connectivity index (χ0v) is 12.4. The van der Waals surface area contributed by atoms with Gasteiger partial charge in [0, 0.05) is 16.6 Å². The van der Waals surface area contributed by atoms with Crippen molar-refractivity contribution in [3.8, 4) is 0 Å². The van der Waals surface area contributed by atoms with Crippen LogP contribution < -0.4 is 5.32 Å². The second-order valence-electron chi connectivity index (χ2n) is 4.39. The highest BCUT2D eigenvalue weighted by atomic mass is 79.9. The molecule has 0 radical (unpaired) electrons. The predicted octanol–water partition coefficient (Wildman–Crippen LogP) is 4.33. The average molecular weight is 329 g/mol. The molecule has 1 aliphatic carbocycles. The van der Waals surface area contributed by atoms with E-state index in [0.29, 0.717) is 17.1 Å². The molecule has 2 rings (SSSR count). The fourth-order valence-electron chi connectivity index (χ4n) is 2.04. The van der Waals surface area contributed by atoms with Gasteiger partial charge in [-0.05, 0) is 59.8 Å². The zero-order chi connectivity index (χ0) is 13.0. The van der Waals surface area contributed by atoms with E-state index in [-0.39, 0.29) is 5.91 Å². The van der Waals surface area contributed by atoms with Crippen LogP contribution in [0.1, 0.15) is 36.0 Å². The van der Waals surface area contributed by atoms with Gasteiger partial charge in [-0.25, -0.2) is 0 Å². The third kappa shape index (κ3) is 3.59. The van der Waals surface area contributed by atoms with E-state index in [1.807, 2.05) is 0 Å². The highest BCUT2D eigenvalue weighted by Gasteiger charge is 2.08. The van der Waals surface area contributed by atoms with Crippen molar-refractivity contribution in [1.82, 2.24) is 5.32 Å². The van der Waals surface area contributed by atoms with Crippen LogP contribution in [0.5, 0.6) is 0 Å². The van der Waals surface area contributed by atoms with Crippen LogP contribution in [-0.4, -0.2) is 12.5 Å². The van der Waals surface area contributed by atoms with Crippen molar-refractivity contribution in [2.45, 2.75) is 25.7 Å². The van der Waals surface area contributed by atoms with Crippen LogP contribution >= 0.6 is 27.5 Å². The van der Waals surface area contributed by atoms with Gasteiger partial charge in [0.2, 0.25) is 0 Å². The first kappa shape index (κ1) is 13.6. The molecule has 0 fully saturated rings. The Balaban J connectivity index is 1.85. The van der Waals surface area contributed by atoms with Gasteiger partial charge in [0.1, 0.15) is 0 Å². The van der Waals surface area contributed by atoms with E-state index in [2.05, 4.69) is 27.3 Å². The molecule has 18 heavy (non-hydrogen) atoms. The number of benzene rings is 1. The quantitative estimate of drug-likeness (QED) is 0.819. The van der Waals surface area contributed by atoms with E-state index < -0.39 is 0 Å². The number of amides is 1. The lowest BCUT2D eigenvalue weighted by Crippen LogP contribution is -2.24. The lowest BCUT2D eigenvalue weighted by molar-refractivity contribution is 0.0954.